The zero-order valence-corrected chi connectivity index (χ0v) is 34.9. The first kappa shape index (κ1) is 44.8. The van der Waals surface area contributed by atoms with Crippen LogP contribution in [0.2, 0.25) is 0 Å². The average molecular weight is 793 g/mol. The molecule has 10 nitrogen and oxygen atoms in total. The zero-order chi connectivity index (χ0) is 41.2. The molecule has 0 radical (unpaired) electrons. The molecule has 304 valence electrons. The minimum Gasteiger partial charge on any atom is -0.390 e. The summed E-state index contributed by atoms with van der Waals surface area (Å²) in [4.78, 5) is 46.2. The number of hydrogen-bond donors (Lipinski definition) is 5. The summed E-state index contributed by atoms with van der Waals surface area (Å²) < 4.78 is 0. The Morgan fingerprint density at radius 3 is 1.98 bits per heavy atom. The standard InChI is InChI=1S/C46H60N6O4S/c1-6-32(4)29-49-43(54)28-42(53)41(25-31(2)3)52-45(56)40(23-11-12-24-48-46(57-5)50-30-47)51-44(55)37(26-35-19-13-17-33-15-7-9-21-38(33)35)27-36-20-14-18-34-16-8-10-22-39(34)36/h7-10,13-22,31-32,37,40-42,53H,6,11-12,23-29H2,1-5H3,(H,48,50)(H,49,54)(H,51,55)(H,52,56)/t32?,40-,41-,42-/m0/s1. The van der Waals surface area contributed by atoms with Gasteiger partial charge in [0.1, 0.15) is 6.04 Å². The molecule has 1 unspecified atom stereocenters. The third kappa shape index (κ3) is 14.2. The maximum absolute atomic E-state index is 14.7. The molecule has 0 aromatic heterocycles. The number of nitrogens with zero attached hydrogens (tertiary/aromatic N) is 2. The van der Waals surface area contributed by atoms with Crippen LogP contribution in [0.1, 0.15) is 77.3 Å². The van der Waals surface area contributed by atoms with E-state index in [0.29, 0.717) is 62.7 Å². The zero-order valence-electron chi connectivity index (χ0n) is 34.1. The number of nitrogens with one attached hydrogen (secondary N) is 4. The number of amides is 3. The lowest BCUT2D eigenvalue weighted by Crippen LogP contribution is -2.54. The van der Waals surface area contributed by atoms with Crippen LogP contribution in [0.15, 0.2) is 89.9 Å². The number of hydrogen-bond acceptors (Lipinski definition) is 7. The van der Waals surface area contributed by atoms with Crippen molar-refractivity contribution >= 4 is 56.2 Å². The second kappa shape index (κ2) is 23.3. The molecule has 3 amide bonds. The summed E-state index contributed by atoms with van der Waals surface area (Å²) in [7, 11) is 0. The molecule has 0 bridgehead atoms. The summed E-state index contributed by atoms with van der Waals surface area (Å²) in [5.74, 6) is -0.973. The van der Waals surface area contributed by atoms with E-state index in [0.717, 1.165) is 39.1 Å². The summed E-state index contributed by atoms with van der Waals surface area (Å²) in [6.07, 6.45) is 6.32. The summed E-state index contributed by atoms with van der Waals surface area (Å²) in [5.41, 5.74) is 2.10. The highest BCUT2D eigenvalue weighted by molar-refractivity contribution is 8.13. The van der Waals surface area contributed by atoms with Crippen LogP contribution in [0.5, 0.6) is 0 Å². The topological polar surface area (TPSA) is 156 Å². The molecule has 0 saturated heterocycles. The molecular weight excluding hydrogens is 733 g/mol. The van der Waals surface area contributed by atoms with Gasteiger partial charge < -0.3 is 21.1 Å². The Labute approximate surface area is 342 Å². The Morgan fingerprint density at radius 1 is 0.825 bits per heavy atom. The maximum Gasteiger partial charge on any atom is 0.242 e. The fourth-order valence-corrected chi connectivity index (χ4v) is 7.44. The van der Waals surface area contributed by atoms with Gasteiger partial charge in [0.25, 0.3) is 0 Å². The molecule has 4 atom stereocenters. The van der Waals surface area contributed by atoms with Gasteiger partial charge in [0.05, 0.1) is 18.6 Å². The predicted octanol–water partition coefficient (Wildman–Crippen LogP) is 7.28. The molecule has 0 aliphatic carbocycles. The van der Waals surface area contributed by atoms with Gasteiger partial charge in [0.2, 0.25) is 17.7 Å². The first-order valence-corrected chi connectivity index (χ1v) is 21.5. The highest BCUT2D eigenvalue weighted by Gasteiger charge is 2.31. The third-order valence-corrected chi connectivity index (χ3v) is 11.1. The van der Waals surface area contributed by atoms with E-state index >= 15 is 0 Å². The average Bonchev–Trinajstić information content (AvgIpc) is 3.21. The van der Waals surface area contributed by atoms with Gasteiger partial charge in [-0.25, -0.2) is 0 Å². The van der Waals surface area contributed by atoms with Gasteiger partial charge in [-0.05, 0) is 89.3 Å². The molecule has 0 aliphatic rings. The van der Waals surface area contributed by atoms with Crippen molar-refractivity contribution in [3.05, 3.63) is 96.1 Å². The quantitative estimate of drug-likeness (QED) is 0.0195. The fraction of sp³-hybridized carbons (Fsp3) is 0.457. The number of carbonyl (C=O) groups is 3. The lowest BCUT2D eigenvalue weighted by molar-refractivity contribution is -0.132. The minimum atomic E-state index is -1.11. The second-order valence-electron chi connectivity index (χ2n) is 15.4. The summed E-state index contributed by atoms with van der Waals surface area (Å²) >= 11 is 1.34. The van der Waals surface area contributed by atoms with Crippen molar-refractivity contribution in [2.75, 3.05) is 19.3 Å². The van der Waals surface area contributed by atoms with Gasteiger partial charge in [0.15, 0.2) is 11.4 Å². The normalized spacial score (nSPS) is 13.8. The number of thioether (sulfide) groups is 1. The van der Waals surface area contributed by atoms with E-state index < -0.39 is 30.0 Å². The Morgan fingerprint density at radius 2 is 1.42 bits per heavy atom. The van der Waals surface area contributed by atoms with Crippen LogP contribution < -0.4 is 21.3 Å². The Bertz CT molecular complexity index is 1900. The predicted molar refractivity (Wildman–Crippen MR) is 234 cm³/mol. The van der Waals surface area contributed by atoms with Gasteiger partial charge in [0, 0.05) is 19.0 Å². The molecule has 0 aliphatic heterocycles. The van der Waals surface area contributed by atoms with E-state index in [1.807, 2.05) is 62.7 Å². The van der Waals surface area contributed by atoms with Crippen molar-refractivity contribution in [1.29, 1.82) is 5.26 Å². The van der Waals surface area contributed by atoms with E-state index in [1.54, 1.807) is 0 Å². The van der Waals surface area contributed by atoms with Crippen LogP contribution in [0.4, 0.5) is 0 Å². The smallest absolute Gasteiger partial charge is 0.242 e. The van der Waals surface area contributed by atoms with Gasteiger partial charge in [-0.3, -0.25) is 24.7 Å². The molecule has 0 fully saturated rings. The van der Waals surface area contributed by atoms with E-state index in [2.05, 4.69) is 88.6 Å². The second-order valence-corrected chi connectivity index (χ2v) is 16.2. The maximum atomic E-state index is 14.7. The minimum absolute atomic E-state index is 0.123. The van der Waals surface area contributed by atoms with Crippen LogP contribution in [0.3, 0.4) is 0 Å². The fourth-order valence-electron chi connectivity index (χ4n) is 7.07. The van der Waals surface area contributed by atoms with Crippen molar-refractivity contribution < 1.29 is 19.5 Å². The molecule has 5 N–H and O–H groups in total. The number of amidine groups is 1. The van der Waals surface area contributed by atoms with Crippen molar-refractivity contribution in [3.8, 4) is 6.19 Å². The molecule has 11 heteroatoms. The Balaban J connectivity index is 1.62. The number of unbranched alkanes of at least 4 members (excludes halogenated alkanes) is 1. The van der Waals surface area contributed by atoms with Crippen molar-refractivity contribution in [3.63, 3.8) is 0 Å². The summed E-state index contributed by atoms with van der Waals surface area (Å²) in [6, 6.07) is 27.0. The van der Waals surface area contributed by atoms with Gasteiger partial charge in [-0.2, -0.15) is 5.26 Å². The van der Waals surface area contributed by atoms with E-state index in [9.17, 15) is 19.5 Å². The van der Waals surface area contributed by atoms with Crippen LogP contribution in [0, 0.1) is 29.2 Å². The number of nitriles is 1. The molecule has 0 heterocycles. The number of rotatable bonds is 21. The van der Waals surface area contributed by atoms with Crippen LogP contribution >= 0.6 is 11.8 Å². The number of fused-ring (bicyclic) bond motifs is 2. The number of aliphatic imine (C=N–C) groups is 1. The number of benzene rings is 4. The van der Waals surface area contributed by atoms with Crippen LogP contribution in [0.25, 0.3) is 21.5 Å². The van der Waals surface area contributed by atoms with Crippen molar-refractivity contribution in [1.82, 2.24) is 21.3 Å². The SMILES string of the molecule is CCC(C)CNC(=O)C[C@H](O)[C@H](CC(C)C)NC(=O)[C@H](CCCCN=C(NC#N)SC)NC(=O)C(Cc1cccc2ccccc12)Cc1cccc2ccccc12. The Hall–Kier alpha value is -4.92. The van der Waals surface area contributed by atoms with E-state index in [-0.39, 0.29) is 24.2 Å². The summed E-state index contributed by atoms with van der Waals surface area (Å²) in [5, 5.41) is 36.9. The van der Waals surface area contributed by atoms with Crippen molar-refractivity contribution in [2.45, 2.75) is 97.2 Å². The van der Waals surface area contributed by atoms with Crippen LogP contribution in [-0.2, 0) is 27.2 Å². The van der Waals surface area contributed by atoms with Gasteiger partial charge in [-0.15, -0.1) is 0 Å². The van der Waals surface area contributed by atoms with Gasteiger partial charge in [-0.1, -0.05) is 131 Å². The molecule has 0 spiro atoms. The molecule has 4 rings (SSSR count). The lowest BCUT2D eigenvalue weighted by Gasteiger charge is -2.29. The first-order valence-electron chi connectivity index (χ1n) is 20.2. The van der Waals surface area contributed by atoms with E-state index in [1.165, 1.54) is 11.8 Å². The number of aliphatic hydroxyl groups excluding tert-OH is 1. The third-order valence-electron chi connectivity index (χ3n) is 10.5. The van der Waals surface area contributed by atoms with Crippen molar-refractivity contribution in [2.24, 2.45) is 22.7 Å². The molecule has 4 aromatic carbocycles. The molecule has 0 saturated carbocycles. The monoisotopic (exact) mass is 792 g/mol. The summed E-state index contributed by atoms with van der Waals surface area (Å²) in [6.45, 7) is 9.08. The highest BCUT2D eigenvalue weighted by atomic mass is 32.2. The molecule has 4 aromatic rings. The number of aliphatic hydroxyl groups is 1. The molecule has 57 heavy (non-hydrogen) atoms. The number of carbonyl (C=O) groups excluding carboxylic acids is 3. The largest absolute Gasteiger partial charge is 0.390 e. The van der Waals surface area contributed by atoms with E-state index in [4.69, 9.17) is 5.26 Å². The van der Waals surface area contributed by atoms with Gasteiger partial charge >= 0.3 is 0 Å². The first-order chi connectivity index (χ1) is 27.5. The van der Waals surface area contributed by atoms with Crippen LogP contribution in [-0.4, -0.2) is 65.5 Å². The lowest BCUT2D eigenvalue weighted by atomic mass is 9.87. The highest BCUT2D eigenvalue weighted by Crippen LogP contribution is 2.27. The Kier molecular flexibility index (Phi) is 18.3. The molecular formula is C46H60N6O4S.